The van der Waals surface area contributed by atoms with E-state index in [0.29, 0.717) is 30.1 Å². The van der Waals surface area contributed by atoms with Gasteiger partial charge in [-0.2, -0.15) is 5.10 Å². The number of carbonyl (C=O) groups excluding carboxylic acids is 2. The molecule has 0 spiro atoms. The Morgan fingerprint density at radius 1 is 1.44 bits per heavy atom. The van der Waals surface area contributed by atoms with Crippen LogP contribution in [0.5, 0.6) is 0 Å². The molecule has 1 aromatic heterocycles. The Morgan fingerprint density at radius 3 is 2.76 bits per heavy atom. The average molecular weight is 346 g/mol. The fourth-order valence-corrected chi connectivity index (χ4v) is 3.89. The minimum Gasteiger partial charge on any atom is -0.351 e. The monoisotopic (exact) mass is 346 g/mol. The molecule has 0 bridgehead atoms. The van der Waals surface area contributed by atoms with E-state index in [1.807, 2.05) is 6.07 Å². The zero-order valence-electron chi connectivity index (χ0n) is 15.8. The van der Waals surface area contributed by atoms with Crippen molar-refractivity contribution in [2.45, 2.75) is 65.3 Å². The van der Waals surface area contributed by atoms with Crippen LogP contribution in [0.3, 0.4) is 0 Å². The second-order valence-corrected chi connectivity index (χ2v) is 8.38. The van der Waals surface area contributed by atoms with Crippen LogP contribution in [0.1, 0.15) is 75.5 Å². The number of amides is 2. The molecule has 1 saturated heterocycles. The third-order valence-electron chi connectivity index (χ3n) is 5.96. The number of aromatic amines is 1. The Bertz CT molecular complexity index is 646. The number of rotatable bonds is 5. The largest absolute Gasteiger partial charge is 0.351 e. The Hall–Kier alpha value is -1.85. The number of hydrogen-bond acceptors (Lipinski definition) is 3. The molecular formula is C19H30N4O2. The standard InChI is InChI=1S/C19H30N4O2/c1-5-19(4)9-13(10-19)17(24)20-14-6-7-23(11-14)18(25)16-8-15(12(2)3)21-22-16/h8,12-14H,5-7,9-11H2,1-4H3,(H,20,24)(H,21,22). The number of nitrogens with one attached hydrogen (secondary N) is 2. The maximum Gasteiger partial charge on any atom is 0.274 e. The molecule has 2 aliphatic rings. The van der Waals surface area contributed by atoms with Gasteiger partial charge in [0.2, 0.25) is 5.91 Å². The lowest BCUT2D eigenvalue weighted by molar-refractivity contribution is -0.132. The van der Waals surface area contributed by atoms with Gasteiger partial charge in [-0.3, -0.25) is 14.7 Å². The first-order chi connectivity index (χ1) is 11.8. The van der Waals surface area contributed by atoms with Crippen LogP contribution in [0, 0.1) is 11.3 Å². The van der Waals surface area contributed by atoms with Gasteiger partial charge in [0.15, 0.2) is 0 Å². The lowest BCUT2D eigenvalue weighted by atomic mass is 9.61. The van der Waals surface area contributed by atoms with Crippen LogP contribution in [0.2, 0.25) is 0 Å². The fourth-order valence-electron chi connectivity index (χ4n) is 3.89. The van der Waals surface area contributed by atoms with Gasteiger partial charge in [-0.05, 0) is 36.7 Å². The molecule has 2 heterocycles. The highest BCUT2D eigenvalue weighted by Crippen LogP contribution is 2.47. The number of H-pyrrole nitrogens is 1. The Balaban J connectivity index is 1.50. The second kappa shape index (κ2) is 6.81. The van der Waals surface area contributed by atoms with E-state index in [0.717, 1.165) is 31.4 Å². The zero-order valence-corrected chi connectivity index (χ0v) is 15.8. The minimum atomic E-state index is -0.0536. The molecule has 1 aliphatic carbocycles. The van der Waals surface area contributed by atoms with Gasteiger partial charge in [-0.15, -0.1) is 0 Å². The van der Waals surface area contributed by atoms with Crippen LogP contribution in [-0.2, 0) is 4.79 Å². The van der Waals surface area contributed by atoms with Crippen molar-refractivity contribution in [1.29, 1.82) is 0 Å². The van der Waals surface area contributed by atoms with Crippen molar-refractivity contribution in [3.8, 4) is 0 Å². The van der Waals surface area contributed by atoms with Gasteiger partial charge in [0.1, 0.15) is 5.69 Å². The van der Waals surface area contributed by atoms with E-state index >= 15 is 0 Å². The summed E-state index contributed by atoms with van der Waals surface area (Å²) in [5.74, 6) is 0.569. The highest BCUT2D eigenvalue weighted by Gasteiger charge is 2.43. The summed E-state index contributed by atoms with van der Waals surface area (Å²) in [5, 5.41) is 10.2. The highest BCUT2D eigenvalue weighted by molar-refractivity contribution is 5.92. The van der Waals surface area contributed by atoms with E-state index in [1.165, 1.54) is 0 Å². The van der Waals surface area contributed by atoms with Gasteiger partial charge in [-0.1, -0.05) is 34.1 Å². The predicted octanol–water partition coefficient (Wildman–Crippen LogP) is 2.69. The molecule has 2 fully saturated rings. The SMILES string of the molecule is CCC1(C)CC(C(=O)NC2CCN(C(=O)c3cc(C(C)C)[nH]n3)C2)C1. The normalized spacial score (nSPS) is 28.9. The molecule has 2 N–H and O–H groups in total. The summed E-state index contributed by atoms with van der Waals surface area (Å²) in [6.07, 6.45) is 3.91. The lowest BCUT2D eigenvalue weighted by Gasteiger charge is -2.44. The number of aromatic nitrogens is 2. The number of likely N-dealkylation sites (tertiary alicyclic amines) is 1. The van der Waals surface area contributed by atoms with E-state index < -0.39 is 0 Å². The van der Waals surface area contributed by atoms with Crippen molar-refractivity contribution < 1.29 is 9.59 Å². The second-order valence-electron chi connectivity index (χ2n) is 8.38. The van der Waals surface area contributed by atoms with Crippen molar-refractivity contribution in [3.05, 3.63) is 17.5 Å². The van der Waals surface area contributed by atoms with Gasteiger partial charge in [0.05, 0.1) is 0 Å². The van der Waals surface area contributed by atoms with E-state index in [9.17, 15) is 9.59 Å². The van der Waals surface area contributed by atoms with E-state index in [1.54, 1.807) is 4.90 Å². The molecule has 138 valence electrons. The molecular weight excluding hydrogens is 316 g/mol. The first-order valence-electron chi connectivity index (χ1n) is 9.46. The number of nitrogens with zero attached hydrogens (tertiary/aromatic N) is 2. The summed E-state index contributed by atoms with van der Waals surface area (Å²) in [4.78, 5) is 26.7. The molecule has 1 unspecified atom stereocenters. The molecule has 1 aliphatic heterocycles. The van der Waals surface area contributed by atoms with Crippen LogP contribution >= 0.6 is 0 Å². The van der Waals surface area contributed by atoms with Crippen LogP contribution in [-0.4, -0.2) is 46.0 Å². The van der Waals surface area contributed by atoms with E-state index in [2.05, 4.69) is 43.2 Å². The van der Waals surface area contributed by atoms with Gasteiger partial charge >= 0.3 is 0 Å². The summed E-state index contributed by atoms with van der Waals surface area (Å²) in [7, 11) is 0. The van der Waals surface area contributed by atoms with Gasteiger partial charge in [0.25, 0.3) is 5.91 Å². The molecule has 3 rings (SSSR count). The smallest absolute Gasteiger partial charge is 0.274 e. The molecule has 0 aromatic carbocycles. The summed E-state index contributed by atoms with van der Waals surface area (Å²) < 4.78 is 0. The first-order valence-corrected chi connectivity index (χ1v) is 9.46. The first kappa shape index (κ1) is 18.0. The molecule has 1 saturated carbocycles. The number of hydrogen-bond donors (Lipinski definition) is 2. The molecule has 1 aromatic rings. The van der Waals surface area contributed by atoms with Crippen LogP contribution < -0.4 is 5.32 Å². The lowest BCUT2D eigenvalue weighted by Crippen LogP contribution is -2.47. The third-order valence-corrected chi connectivity index (χ3v) is 5.96. The topological polar surface area (TPSA) is 78.1 Å². The summed E-state index contributed by atoms with van der Waals surface area (Å²) in [6, 6.07) is 1.90. The van der Waals surface area contributed by atoms with Gasteiger partial charge in [0, 0.05) is 30.7 Å². The minimum absolute atomic E-state index is 0.0536. The maximum atomic E-state index is 12.6. The van der Waals surface area contributed by atoms with Crippen molar-refractivity contribution in [2.75, 3.05) is 13.1 Å². The van der Waals surface area contributed by atoms with Crippen LogP contribution in [0.15, 0.2) is 6.07 Å². The van der Waals surface area contributed by atoms with Crippen molar-refractivity contribution in [1.82, 2.24) is 20.4 Å². The van der Waals surface area contributed by atoms with Crippen molar-refractivity contribution in [3.63, 3.8) is 0 Å². The van der Waals surface area contributed by atoms with Crippen molar-refractivity contribution in [2.24, 2.45) is 11.3 Å². The Morgan fingerprint density at radius 2 is 2.16 bits per heavy atom. The highest BCUT2D eigenvalue weighted by atomic mass is 16.2. The Labute approximate surface area is 149 Å². The summed E-state index contributed by atoms with van der Waals surface area (Å²) in [6.45, 7) is 9.81. The van der Waals surface area contributed by atoms with Crippen LogP contribution in [0.25, 0.3) is 0 Å². The summed E-state index contributed by atoms with van der Waals surface area (Å²) in [5.41, 5.74) is 1.78. The third kappa shape index (κ3) is 3.72. The quantitative estimate of drug-likeness (QED) is 0.860. The van der Waals surface area contributed by atoms with Gasteiger partial charge < -0.3 is 10.2 Å². The summed E-state index contributed by atoms with van der Waals surface area (Å²) >= 11 is 0. The molecule has 25 heavy (non-hydrogen) atoms. The zero-order chi connectivity index (χ0) is 18.2. The fraction of sp³-hybridized carbons (Fsp3) is 0.737. The predicted molar refractivity (Wildman–Crippen MR) is 96.2 cm³/mol. The van der Waals surface area contributed by atoms with Crippen LogP contribution in [0.4, 0.5) is 0 Å². The molecule has 0 radical (unpaired) electrons. The van der Waals surface area contributed by atoms with E-state index in [4.69, 9.17) is 0 Å². The van der Waals surface area contributed by atoms with E-state index in [-0.39, 0.29) is 23.8 Å². The number of carbonyl (C=O) groups is 2. The average Bonchev–Trinajstić information content (AvgIpc) is 3.20. The molecule has 6 nitrogen and oxygen atoms in total. The van der Waals surface area contributed by atoms with Gasteiger partial charge in [-0.25, -0.2) is 0 Å². The molecule has 6 heteroatoms. The maximum absolute atomic E-state index is 12.6. The molecule has 2 amide bonds. The molecule has 1 atom stereocenters. The Kier molecular flexibility index (Phi) is 4.89. The van der Waals surface area contributed by atoms with Crippen molar-refractivity contribution >= 4 is 11.8 Å².